The molecule has 0 radical (unpaired) electrons. The van der Waals surface area contributed by atoms with Crippen LogP contribution in [0.25, 0.3) is 20.9 Å². The molecule has 0 saturated carbocycles. The minimum absolute atomic E-state index is 0.0560. The average molecular weight is 531 g/mol. The van der Waals surface area contributed by atoms with Gasteiger partial charge in [-0.3, -0.25) is 4.79 Å². The third-order valence-corrected chi connectivity index (χ3v) is 8.16. The van der Waals surface area contributed by atoms with Crippen molar-refractivity contribution >= 4 is 31.3 Å². The molecule has 3 heterocycles. The van der Waals surface area contributed by atoms with Crippen LogP contribution in [0.5, 0.6) is 5.75 Å². The topological polar surface area (TPSA) is 101 Å². The first kappa shape index (κ1) is 26.1. The van der Waals surface area contributed by atoms with Crippen molar-refractivity contribution in [3.05, 3.63) is 70.0 Å². The van der Waals surface area contributed by atoms with Gasteiger partial charge in [0, 0.05) is 35.7 Å². The summed E-state index contributed by atoms with van der Waals surface area (Å²) in [4.78, 5) is 18.6. The van der Waals surface area contributed by atoms with Crippen LogP contribution in [0.4, 0.5) is 0 Å². The Kier molecular flexibility index (Phi) is 7.67. The van der Waals surface area contributed by atoms with Crippen LogP contribution < -0.4 is 10.3 Å². The van der Waals surface area contributed by atoms with Gasteiger partial charge in [0.25, 0.3) is 5.56 Å². The average Bonchev–Trinajstić information content (AvgIpc) is 3.47. The van der Waals surface area contributed by atoms with Crippen molar-refractivity contribution in [1.29, 1.82) is 0 Å². The maximum Gasteiger partial charge on any atom is 0.259 e. The van der Waals surface area contributed by atoms with E-state index in [9.17, 15) is 13.2 Å². The van der Waals surface area contributed by atoms with Crippen LogP contribution in [0.2, 0.25) is 0 Å². The minimum atomic E-state index is -3.26. The van der Waals surface area contributed by atoms with Crippen LogP contribution in [0.3, 0.4) is 0 Å². The number of pyridine rings is 1. The molecule has 0 saturated heterocycles. The number of aromatic nitrogens is 2. The summed E-state index contributed by atoms with van der Waals surface area (Å²) in [6.07, 6.45) is 6.05. The molecule has 0 aliphatic rings. The lowest BCUT2D eigenvalue weighted by Gasteiger charge is -2.23. The lowest BCUT2D eigenvalue weighted by Crippen LogP contribution is -2.25. The quantitative estimate of drug-likeness (QED) is 0.291. The van der Waals surface area contributed by atoms with Gasteiger partial charge in [0.2, 0.25) is 5.89 Å². The van der Waals surface area contributed by atoms with E-state index in [2.05, 4.69) is 4.98 Å². The number of fused-ring (bicyclic) bond motifs is 1. The Hall–Kier alpha value is -2.95. The van der Waals surface area contributed by atoms with E-state index in [-0.39, 0.29) is 30.1 Å². The van der Waals surface area contributed by atoms with Gasteiger partial charge >= 0.3 is 0 Å². The molecule has 0 unspecified atom stereocenters. The number of methoxy groups -OCH3 is 1. The Labute approximate surface area is 214 Å². The second-order valence-electron chi connectivity index (χ2n) is 9.00. The van der Waals surface area contributed by atoms with Crippen LogP contribution in [0.15, 0.2) is 52.1 Å². The fourth-order valence-corrected chi connectivity index (χ4v) is 6.04. The zero-order valence-electron chi connectivity index (χ0n) is 21.0. The van der Waals surface area contributed by atoms with Crippen LogP contribution in [-0.4, -0.2) is 43.2 Å². The molecule has 36 heavy (non-hydrogen) atoms. The van der Waals surface area contributed by atoms with Gasteiger partial charge in [-0.25, -0.2) is 13.4 Å². The number of benzene rings is 1. The molecule has 0 bridgehead atoms. The van der Waals surface area contributed by atoms with E-state index < -0.39 is 9.84 Å². The highest BCUT2D eigenvalue weighted by Gasteiger charge is 2.25. The van der Waals surface area contributed by atoms with Crippen LogP contribution in [0, 0.1) is 6.92 Å². The lowest BCUT2D eigenvalue weighted by atomic mass is 9.99. The van der Waals surface area contributed by atoms with Crippen molar-refractivity contribution in [3.8, 4) is 16.5 Å². The highest BCUT2D eigenvalue weighted by atomic mass is 32.2. The number of oxazole rings is 1. The number of para-hydroxylation sites is 1. The van der Waals surface area contributed by atoms with Crippen molar-refractivity contribution in [1.82, 2.24) is 9.55 Å². The molecule has 0 aliphatic heterocycles. The fraction of sp³-hybridized carbons (Fsp3) is 0.385. The fourth-order valence-electron chi connectivity index (χ4n) is 4.25. The van der Waals surface area contributed by atoms with Crippen molar-refractivity contribution in [2.75, 3.05) is 19.1 Å². The molecule has 10 heteroatoms. The number of rotatable bonds is 10. The first-order chi connectivity index (χ1) is 17.1. The van der Waals surface area contributed by atoms with E-state index >= 15 is 0 Å². The predicted octanol–water partition coefficient (Wildman–Crippen LogP) is 4.79. The Bertz CT molecular complexity index is 1520. The standard InChI is InChI=1S/C26H30N2O6S2/c1-16(2)34-21(19-8-6-7-9-20(19)32-4)14-18-15-28(11-13-36(5,30)31)26(29)22-17(3)23(35-24(18)22)25-27-10-12-33-25/h6-10,12,15-16,21H,11,13-14H2,1-5H3/t21-/m0/s1. The van der Waals surface area contributed by atoms with Gasteiger partial charge in [0.05, 0.1) is 41.5 Å². The van der Waals surface area contributed by atoms with E-state index in [0.29, 0.717) is 23.4 Å². The molecule has 192 valence electrons. The van der Waals surface area contributed by atoms with E-state index in [0.717, 1.165) is 26.3 Å². The molecule has 3 aromatic heterocycles. The molecule has 1 aromatic carbocycles. The molecule has 4 rings (SSSR count). The zero-order valence-corrected chi connectivity index (χ0v) is 22.6. The first-order valence-electron chi connectivity index (χ1n) is 11.6. The van der Waals surface area contributed by atoms with Gasteiger partial charge in [-0.2, -0.15) is 0 Å². The van der Waals surface area contributed by atoms with Gasteiger partial charge < -0.3 is 18.5 Å². The summed E-state index contributed by atoms with van der Waals surface area (Å²) < 4.78 is 43.5. The zero-order chi connectivity index (χ0) is 26.0. The maximum atomic E-state index is 13.5. The molecule has 1 atom stereocenters. The third-order valence-electron chi connectivity index (χ3n) is 5.88. The summed E-state index contributed by atoms with van der Waals surface area (Å²) in [5.41, 5.74) is 2.30. The predicted molar refractivity (Wildman–Crippen MR) is 142 cm³/mol. The van der Waals surface area contributed by atoms with E-state index in [1.807, 2.05) is 45.0 Å². The van der Waals surface area contributed by atoms with Gasteiger partial charge in [0.15, 0.2) is 0 Å². The van der Waals surface area contributed by atoms with E-state index in [1.165, 1.54) is 28.4 Å². The molecular weight excluding hydrogens is 500 g/mol. The minimum Gasteiger partial charge on any atom is -0.496 e. The number of hydrogen-bond donors (Lipinski definition) is 0. The number of sulfone groups is 1. The second-order valence-corrected chi connectivity index (χ2v) is 12.3. The van der Waals surface area contributed by atoms with Crippen molar-refractivity contribution in [3.63, 3.8) is 0 Å². The van der Waals surface area contributed by atoms with E-state index in [1.54, 1.807) is 19.5 Å². The van der Waals surface area contributed by atoms with Crippen molar-refractivity contribution < 1.29 is 22.3 Å². The molecule has 4 aromatic rings. The number of ether oxygens (including phenoxy) is 2. The second kappa shape index (κ2) is 10.6. The summed E-state index contributed by atoms with van der Waals surface area (Å²) >= 11 is 1.45. The Morgan fingerprint density at radius 3 is 2.61 bits per heavy atom. The first-order valence-corrected chi connectivity index (χ1v) is 14.5. The monoisotopic (exact) mass is 530 g/mol. The molecule has 0 aliphatic carbocycles. The van der Waals surface area contributed by atoms with Gasteiger partial charge in [-0.15, -0.1) is 11.3 Å². The lowest BCUT2D eigenvalue weighted by molar-refractivity contribution is 0.00578. The normalized spacial score (nSPS) is 12.9. The summed E-state index contributed by atoms with van der Waals surface area (Å²) in [7, 11) is -1.63. The SMILES string of the molecule is COc1ccccc1[C@H](Cc1cn(CCS(C)(=O)=O)c(=O)c2c(C)c(-c3ncco3)sc12)OC(C)C. The number of thiophene rings is 1. The highest BCUT2D eigenvalue weighted by Crippen LogP contribution is 2.40. The molecule has 0 amide bonds. The summed E-state index contributed by atoms with van der Waals surface area (Å²) in [6.45, 7) is 5.88. The largest absolute Gasteiger partial charge is 0.496 e. The van der Waals surface area contributed by atoms with Crippen LogP contribution in [-0.2, 0) is 27.5 Å². The summed E-state index contributed by atoms with van der Waals surface area (Å²) in [5.74, 6) is 1.03. The molecule has 8 nitrogen and oxygen atoms in total. The van der Waals surface area contributed by atoms with Gasteiger partial charge in [-0.1, -0.05) is 18.2 Å². The molecular formula is C26H30N2O6S2. The Morgan fingerprint density at radius 1 is 1.22 bits per heavy atom. The Morgan fingerprint density at radius 2 is 1.97 bits per heavy atom. The third kappa shape index (κ3) is 5.55. The summed E-state index contributed by atoms with van der Waals surface area (Å²) in [5, 5.41) is 0.544. The van der Waals surface area contributed by atoms with Gasteiger partial charge in [-0.05, 0) is 38.0 Å². The maximum absolute atomic E-state index is 13.5. The van der Waals surface area contributed by atoms with Gasteiger partial charge in [0.1, 0.15) is 21.8 Å². The van der Waals surface area contributed by atoms with Crippen molar-refractivity contribution in [2.24, 2.45) is 0 Å². The van der Waals surface area contributed by atoms with E-state index in [4.69, 9.17) is 13.9 Å². The smallest absolute Gasteiger partial charge is 0.259 e. The molecule has 0 spiro atoms. The number of hydrogen-bond acceptors (Lipinski definition) is 8. The van der Waals surface area contributed by atoms with Crippen LogP contribution >= 0.6 is 11.3 Å². The van der Waals surface area contributed by atoms with Crippen molar-refractivity contribution in [2.45, 2.75) is 45.9 Å². The highest BCUT2D eigenvalue weighted by molar-refractivity contribution is 7.90. The number of aryl methyl sites for hydroxylation is 2. The Balaban J connectivity index is 1.90. The molecule has 0 fully saturated rings. The van der Waals surface area contributed by atoms with Crippen LogP contribution in [0.1, 0.15) is 36.6 Å². The summed E-state index contributed by atoms with van der Waals surface area (Å²) in [6, 6.07) is 7.71. The number of nitrogens with zero attached hydrogens (tertiary/aromatic N) is 2. The molecule has 0 N–H and O–H groups in total.